The molecule has 0 saturated heterocycles. The second-order valence-electron chi connectivity index (χ2n) is 4.91. The van der Waals surface area contributed by atoms with E-state index in [9.17, 15) is 9.59 Å². The smallest absolute Gasteiger partial charge is 0.355 e. The molecule has 0 radical (unpaired) electrons. The average Bonchev–Trinajstić information content (AvgIpc) is 2.90. The summed E-state index contributed by atoms with van der Waals surface area (Å²) in [6.07, 6.45) is 0. The second-order valence-corrected chi connectivity index (χ2v) is 4.91. The zero-order valence-electron chi connectivity index (χ0n) is 12.1. The van der Waals surface area contributed by atoms with Crippen LogP contribution >= 0.6 is 0 Å². The lowest BCUT2D eigenvalue weighted by molar-refractivity contribution is 0.0465. The lowest BCUT2D eigenvalue weighted by atomic mass is 10.2. The molecule has 0 unspecified atom stereocenters. The van der Waals surface area contributed by atoms with Crippen molar-refractivity contribution >= 4 is 11.8 Å². The predicted octanol–water partition coefficient (Wildman–Crippen LogP) is 2.32. The van der Waals surface area contributed by atoms with Crippen LogP contribution in [0.3, 0.4) is 0 Å². The number of carbonyl (C=O) groups excluding carboxylic acids is 2. The first-order valence-electron chi connectivity index (χ1n) is 6.39. The van der Waals surface area contributed by atoms with Crippen LogP contribution in [0.2, 0.25) is 0 Å². The van der Waals surface area contributed by atoms with Crippen molar-refractivity contribution < 1.29 is 14.3 Å². The van der Waals surface area contributed by atoms with Gasteiger partial charge in [0.15, 0.2) is 6.61 Å². The standard InChI is InChI=1S/C15H18N2O3/c1-9-7-12(11(3)16-9)14(18)8-20-15(19)13-6-5-10(2)17(13)4/h5-7,16H,8H2,1-4H3. The van der Waals surface area contributed by atoms with Gasteiger partial charge in [-0.1, -0.05) is 0 Å². The lowest BCUT2D eigenvalue weighted by Crippen LogP contribution is -2.16. The van der Waals surface area contributed by atoms with Gasteiger partial charge in [-0.15, -0.1) is 0 Å². The summed E-state index contributed by atoms with van der Waals surface area (Å²) in [5.74, 6) is -0.690. The number of hydrogen-bond acceptors (Lipinski definition) is 3. The first-order chi connectivity index (χ1) is 9.40. The summed E-state index contributed by atoms with van der Waals surface area (Å²) < 4.78 is 6.81. The van der Waals surface area contributed by atoms with E-state index in [1.165, 1.54) is 0 Å². The van der Waals surface area contributed by atoms with E-state index in [0.29, 0.717) is 11.3 Å². The van der Waals surface area contributed by atoms with E-state index in [1.54, 1.807) is 23.7 Å². The summed E-state index contributed by atoms with van der Waals surface area (Å²) in [5.41, 5.74) is 3.67. The molecule has 0 aliphatic rings. The molecule has 0 amide bonds. The van der Waals surface area contributed by atoms with E-state index in [1.807, 2.05) is 26.8 Å². The number of ketones is 1. The van der Waals surface area contributed by atoms with Crippen LogP contribution in [-0.4, -0.2) is 27.9 Å². The Morgan fingerprint density at radius 3 is 2.45 bits per heavy atom. The first-order valence-corrected chi connectivity index (χ1v) is 6.39. The van der Waals surface area contributed by atoms with Crippen LogP contribution in [0.15, 0.2) is 18.2 Å². The van der Waals surface area contributed by atoms with Gasteiger partial charge in [-0.3, -0.25) is 4.79 Å². The number of nitrogens with zero attached hydrogens (tertiary/aromatic N) is 1. The number of aromatic amines is 1. The second kappa shape index (κ2) is 5.36. The number of rotatable bonds is 4. The molecular formula is C15H18N2O3. The molecule has 0 aliphatic carbocycles. The van der Waals surface area contributed by atoms with Crippen LogP contribution in [0.1, 0.15) is 37.9 Å². The van der Waals surface area contributed by atoms with Gasteiger partial charge >= 0.3 is 5.97 Å². The Morgan fingerprint density at radius 1 is 1.25 bits per heavy atom. The van der Waals surface area contributed by atoms with E-state index >= 15 is 0 Å². The van der Waals surface area contributed by atoms with Crippen molar-refractivity contribution in [3.63, 3.8) is 0 Å². The molecule has 2 aromatic rings. The quantitative estimate of drug-likeness (QED) is 0.687. The number of carbonyl (C=O) groups is 2. The van der Waals surface area contributed by atoms with Crippen molar-refractivity contribution in [1.29, 1.82) is 0 Å². The fraction of sp³-hybridized carbons (Fsp3) is 0.333. The first kappa shape index (κ1) is 14.1. The van der Waals surface area contributed by atoms with Crippen LogP contribution in [0.4, 0.5) is 0 Å². The Labute approximate surface area is 117 Å². The molecule has 0 bridgehead atoms. The average molecular weight is 274 g/mol. The van der Waals surface area contributed by atoms with Crippen molar-refractivity contribution in [2.24, 2.45) is 7.05 Å². The van der Waals surface area contributed by atoms with Crippen molar-refractivity contribution in [1.82, 2.24) is 9.55 Å². The van der Waals surface area contributed by atoms with Gasteiger partial charge in [0.1, 0.15) is 5.69 Å². The molecule has 1 N–H and O–H groups in total. The Kier molecular flexibility index (Phi) is 3.79. The van der Waals surface area contributed by atoms with Gasteiger partial charge in [-0.25, -0.2) is 4.79 Å². The SMILES string of the molecule is Cc1cc(C(=O)COC(=O)c2ccc(C)n2C)c(C)[nH]1. The Hall–Kier alpha value is -2.30. The van der Waals surface area contributed by atoms with Gasteiger partial charge in [0.25, 0.3) is 0 Å². The molecule has 5 heteroatoms. The summed E-state index contributed by atoms with van der Waals surface area (Å²) in [6, 6.07) is 5.28. The third-order valence-corrected chi connectivity index (χ3v) is 3.37. The highest BCUT2D eigenvalue weighted by Crippen LogP contribution is 2.11. The topological polar surface area (TPSA) is 64.1 Å². The molecule has 2 rings (SSSR count). The highest BCUT2D eigenvalue weighted by Gasteiger charge is 2.17. The fourth-order valence-electron chi connectivity index (χ4n) is 2.11. The molecule has 0 fully saturated rings. The van der Waals surface area contributed by atoms with Crippen LogP contribution in [0.5, 0.6) is 0 Å². The zero-order chi connectivity index (χ0) is 14.9. The molecule has 0 aromatic carbocycles. The Balaban J connectivity index is 2.02. The molecule has 5 nitrogen and oxygen atoms in total. The van der Waals surface area contributed by atoms with E-state index in [-0.39, 0.29) is 12.4 Å². The fourth-order valence-corrected chi connectivity index (χ4v) is 2.11. The normalized spacial score (nSPS) is 10.6. The minimum atomic E-state index is -0.487. The van der Waals surface area contributed by atoms with E-state index in [4.69, 9.17) is 4.74 Å². The maximum atomic E-state index is 12.0. The van der Waals surface area contributed by atoms with Crippen LogP contribution in [-0.2, 0) is 11.8 Å². The Bertz CT molecular complexity index is 651. The highest BCUT2D eigenvalue weighted by atomic mass is 16.5. The highest BCUT2D eigenvalue weighted by molar-refractivity contribution is 6.00. The predicted molar refractivity (Wildman–Crippen MR) is 75.0 cm³/mol. The minimum Gasteiger partial charge on any atom is -0.453 e. The maximum absolute atomic E-state index is 12.0. The van der Waals surface area contributed by atoms with Gasteiger partial charge in [-0.2, -0.15) is 0 Å². The number of ether oxygens (including phenoxy) is 1. The molecule has 0 aliphatic heterocycles. The zero-order valence-corrected chi connectivity index (χ0v) is 12.1. The van der Waals surface area contributed by atoms with Crippen LogP contribution in [0.25, 0.3) is 0 Å². The number of esters is 1. The van der Waals surface area contributed by atoms with E-state index in [0.717, 1.165) is 17.1 Å². The summed E-state index contributed by atoms with van der Waals surface area (Å²) in [6.45, 7) is 5.35. The van der Waals surface area contributed by atoms with Gasteiger partial charge in [0.05, 0.1) is 0 Å². The molecule has 2 heterocycles. The van der Waals surface area contributed by atoms with Crippen LogP contribution in [0, 0.1) is 20.8 Å². The number of aryl methyl sites for hydroxylation is 3. The largest absolute Gasteiger partial charge is 0.453 e. The third-order valence-electron chi connectivity index (χ3n) is 3.37. The molecule has 0 atom stereocenters. The molecule has 20 heavy (non-hydrogen) atoms. The molecule has 0 spiro atoms. The minimum absolute atomic E-state index is 0.203. The molecule has 0 saturated carbocycles. The number of H-pyrrole nitrogens is 1. The number of hydrogen-bond donors (Lipinski definition) is 1. The van der Waals surface area contributed by atoms with Gasteiger partial charge in [0.2, 0.25) is 5.78 Å². The van der Waals surface area contributed by atoms with Crippen molar-refractivity contribution in [3.05, 3.63) is 46.5 Å². The summed E-state index contributed by atoms with van der Waals surface area (Å²) >= 11 is 0. The van der Waals surface area contributed by atoms with Crippen molar-refractivity contribution in [2.75, 3.05) is 6.61 Å². The number of Topliss-reactive ketones (excluding diaryl/α,β-unsaturated/α-hetero) is 1. The molecular weight excluding hydrogens is 256 g/mol. The number of aromatic nitrogens is 2. The summed E-state index contributed by atoms with van der Waals surface area (Å²) in [4.78, 5) is 27.0. The van der Waals surface area contributed by atoms with Gasteiger partial charge < -0.3 is 14.3 Å². The van der Waals surface area contributed by atoms with E-state index in [2.05, 4.69) is 4.98 Å². The van der Waals surface area contributed by atoms with Crippen LogP contribution < -0.4 is 0 Å². The van der Waals surface area contributed by atoms with Gasteiger partial charge in [-0.05, 0) is 39.0 Å². The van der Waals surface area contributed by atoms with Gasteiger partial charge in [0, 0.05) is 29.7 Å². The molecule has 2 aromatic heterocycles. The summed E-state index contributed by atoms with van der Waals surface area (Å²) in [7, 11) is 1.79. The lowest BCUT2D eigenvalue weighted by Gasteiger charge is -2.06. The van der Waals surface area contributed by atoms with Crippen molar-refractivity contribution in [3.8, 4) is 0 Å². The maximum Gasteiger partial charge on any atom is 0.355 e. The van der Waals surface area contributed by atoms with Crippen molar-refractivity contribution in [2.45, 2.75) is 20.8 Å². The monoisotopic (exact) mass is 274 g/mol. The molecule has 106 valence electrons. The van der Waals surface area contributed by atoms with E-state index < -0.39 is 5.97 Å². The third kappa shape index (κ3) is 2.66. The number of nitrogens with one attached hydrogen (secondary N) is 1. The Morgan fingerprint density at radius 2 is 1.95 bits per heavy atom. The summed E-state index contributed by atoms with van der Waals surface area (Å²) in [5, 5.41) is 0.